The monoisotopic (exact) mass is 292 g/mol. The van der Waals surface area contributed by atoms with E-state index in [0.717, 1.165) is 17.6 Å². The molecule has 20 heavy (non-hydrogen) atoms. The van der Waals surface area contributed by atoms with Gasteiger partial charge in [0.05, 0.1) is 0 Å². The molecule has 0 aromatic carbocycles. The third-order valence-corrected chi connectivity index (χ3v) is 6.25. The standard InChI is InChI=1S/C16H20O3S/c1-14(2)8-6-12-5-4-7-16(20(17,18)19)10-13(9-14)15(12,3)11-16/h4-8,10H,9,11H2,1-3H3,(H,17,18,19). The van der Waals surface area contributed by atoms with E-state index in [4.69, 9.17) is 0 Å². The maximum atomic E-state index is 11.9. The lowest BCUT2D eigenvalue weighted by molar-refractivity contribution is 0.394. The highest BCUT2D eigenvalue weighted by atomic mass is 32.2. The molecule has 2 atom stereocenters. The van der Waals surface area contributed by atoms with Gasteiger partial charge in [0.15, 0.2) is 0 Å². The van der Waals surface area contributed by atoms with Crippen molar-refractivity contribution in [1.29, 1.82) is 0 Å². The van der Waals surface area contributed by atoms with E-state index in [9.17, 15) is 13.0 Å². The van der Waals surface area contributed by atoms with Crippen LogP contribution < -0.4 is 0 Å². The zero-order valence-electron chi connectivity index (χ0n) is 12.1. The quantitative estimate of drug-likeness (QED) is 0.595. The first-order valence-electron chi connectivity index (χ1n) is 6.87. The Morgan fingerprint density at radius 1 is 1.20 bits per heavy atom. The van der Waals surface area contributed by atoms with Gasteiger partial charge < -0.3 is 0 Å². The van der Waals surface area contributed by atoms with Gasteiger partial charge in [-0.15, -0.1) is 0 Å². The average molecular weight is 292 g/mol. The maximum Gasteiger partial charge on any atom is 0.278 e. The van der Waals surface area contributed by atoms with E-state index in [0.29, 0.717) is 6.42 Å². The predicted molar refractivity (Wildman–Crippen MR) is 79.8 cm³/mol. The summed E-state index contributed by atoms with van der Waals surface area (Å²) in [5, 5.41) is 0. The van der Waals surface area contributed by atoms with Crippen LogP contribution in [0.1, 0.15) is 33.6 Å². The van der Waals surface area contributed by atoms with Crippen molar-refractivity contribution in [2.24, 2.45) is 10.8 Å². The zero-order valence-corrected chi connectivity index (χ0v) is 12.9. The van der Waals surface area contributed by atoms with E-state index in [1.165, 1.54) is 0 Å². The van der Waals surface area contributed by atoms with E-state index >= 15 is 0 Å². The second-order valence-corrected chi connectivity index (χ2v) is 8.80. The van der Waals surface area contributed by atoms with Crippen LogP contribution in [0.5, 0.6) is 0 Å². The molecule has 4 heteroatoms. The summed E-state index contributed by atoms with van der Waals surface area (Å²) >= 11 is 0. The molecule has 2 bridgehead atoms. The Morgan fingerprint density at radius 2 is 1.90 bits per heavy atom. The summed E-state index contributed by atoms with van der Waals surface area (Å²) in [5.41, 5.74) is 1.90. The molecule has 3 aliphatic carbocycles. The Kier molecular flexibility index (Phi) is 2.59. The minimum atomic E-state index is -4.17. The van der Waals surface area contributed by atoms with E-state index in [1.807, 2.05) is 6.08 Å². The first-order chi connectivity index (χ1) is 9.08. The summed E-state index contributed by atoms with van der Waals surface area (Å²) in [6.07, 6.45) is 12.6. The minimum absolute atomic E-state index is 0.0116. The minimum Gasteiger partial charge on any atom is -0.285 e. The lowest BCUT2D eigenvalue weighted by Crippen LogP contribution is -2.34. The summed E-state index contributed by atoms with van der Waals surface area (Å²) in [7, 11) is -4.17. The van der Waals surface area contributed by atoms with Crippen molar-refractivity contribution in [2.45, 2.75) is 38.4 Å². The van der Waals surface area contributed by atoms with E-state index in [2.05, 4.69) is 32.9 Å². The number of fused-ring (bicyclic) bond motifs is 1. The van der Waals surface area contributed by atoms with Gasteiger partial charge in [-0.2, -0.15) is 8.42 Å². The number of hydrogen-bond acceptors (Lipinski definition) is 2. The highest BCUT2D eigenvalue weighted by Crippen LogP contribution is 2.57. The molecule has 3 aliphatic rings. The Labute approximate surface area is 120 Å². The second-order valence-electron chi connectivity index (χ2n) is 7.09. The maximum absolute atomic E-state index is 11.9. The molecule has 2 unspecified atom stereocenters. The smallest absolute Gasteiger partial charge is 0.278 e. The van der Waals surface area contributed by atoms with Gasteiger partial charge >= 0.3 is 0 Å². The van der Waals surface area contributed by atoms with Crippen LogP contribution in [0.2, 0.25) is 0 Å². The molecule has 0 radical (unpaired) electrons. The van der Waals surface area contributed by atoms with Crippen LogP contribution in [0.3, 0.4) is 0 Å². The van der Waals surface area contributed by atoms with Gasteiger partial charge in [0.25, 0.3) is 10.1 Å². The molecule has 0 amide bonds. The first-order valence-corrected chi connectivity index (χ1v) is 8.31. The summed E-state index contributed by atoms with van der Waals surface area (Å²) in [6.45, 7) is 6.37. The molecule has 0 saturated carbocycles. The predicted octanol–water partition coefficient (Wildman–Crippen LogP) is 3.43. The number of allylic oxidation sites excluding steroid dienone is 6. The third kappa shape index (κ3) is 1.78. The molecule has 0 fully saturated rings. The number of rotatable bonds is 1. The van der Waals surface area contributed by atoms with Crippen LogP contribution in [-0.4, -0.2) is 17.7 Å². The van der Waals surface area contributed by atoms with E-state index in [1.54, 1.807) is 18.2 Å². The van der Waals surface area contributed by atoms with Crippen LogP contribution in [0.15, 0.2) is 47.6 Å². The van der Waals surface area contributed by atoms with Crippen LogP contribution >= 0.6 is 0 Å². The molecule has 1 N–H and O–H groups in total. The van der Waals surface area contributed by atoms with Crippen molar-refractivity contribution in [2.75, 3.05) is 0 Å². The zero-order chi connectivity index (χ0) is 14.8. The SMILES string of the molecule is CC1(C)C=CC2=CC=CC3(S(=O)(=O)O)C=C(C1)C2(C)C3. The van der Waals surface area contributed by atoms with Gasteiger partial charge in [-0.05, 0) is 23.8 Å². The van der Waals surface area contributed by atoms with Gasteiger partial charge in [-0.1, -0.05) is 62.8 Å². The van der Waals surface area contributed by atoms with Crippen molar-refractivity contribution in [3.05, 3.63) is 47.6 Å². The summed E-state index contributed by atoms with van der Waals surface area (Å²) in [6, 6.07) is 0. The van der Waals surface area contributed by atoms with Crippen LogP contribution in [0, 0.1) is 10.8 Å². The van der Waals surface area contributed by atoms with Crippen LogP contribution in [-0.2, 0) is 10.1 Å². The topological polar surface area (TPSA) is 54.4 Å². The molecule has 0 aliphatic heterocycles. The van der Waals surface area contributed by atoms with Crippen molar-refractivity contribution < 1.29 is 13.0 Å². The number of hydrogen-bond donors (Lipinski definition) is 1. The van der Waals surface area contributed by atoms with Crippen LogP contribution in [0.4, 0.5) is 0 Å². The summed E-state index contributed by atoms with van der Waals surface area (Å²) < 4.78 is 32.3. The molecular weight excluding hydrogens is 272 g/mol. The fourth-order valence-electron chi connectivity index (χ4n) is 3.67. The Balaban J connectivity index is 2.27. The highest BCUT2D eigenvalue weighted by Gasteiger charge is 2.54. The largest absolute Gasteiger partial charge is 0.285 e. The van der Waals surface area contributed by atoms with Crippen molar-refractivity contribution in [3.63, 3.8) is 0 Å². The molecule has 3 rings (SSSR count). The van der Waals surface area contributed by atoms with Crippen molar-refractivity contribution in [3.8, 4) is 0 Å². The van der Waals surface area contributed by atoms with E-state index in [-0.39, 0.29) is 10.8 Å². The molecule has 0 aromatic heterocycles. The van der Waals surface area contributed by atoms with Gasteiger partial charge in [-0.3, -0.25) is 4.55 Å². The van der Waals surface area contributed by atoms with Crippen LogP contribution in [0.25, 0.3) is 0 Å². The highest BCUT2D eigenvalue weighted by molar-refractivity contribution is 7.87. The van der Waals surface area contributed by atoms with Gasteiger partial charge in [0, 0.05) is 5.41 Å². The Bertz CT molecular complexity index is 691. The lowest BCUT2D eigenvalue weighted by Gasteiger charge is -2.31. The molecular formula is C16H20O3S. The van der Waals surface area contributed by atoms with Crippen molar-refractivity contribution >= 4 is 10.1 Å². The van der Waals surface area contributed by atoms with E-state index < -0.39 is 14.9 Å². The Morgan fingerprint density at radius 3 is 2.55 bits per heavy atom. The Hall–Kier alpha value is -1.13. The lowest BCUT2D eigenvalue weighted by atomic mass is 9.73. The molecule has 0 aromatic rings. The third-order valence-electron chi connectivity index (χ3n) is 4.89. The average Bonchev–Trinajstić information content (AvgIpc) is 2.43. The van der Waals surface area contributed by atoms with Gasteiger partial charge in [0.1, 0.15) is 4.75 Å². The molecule has 0 saturated heterocycles. The van der Waals surface area contributed by atoms with Crippen molar-refractivity contribution in [1.82, 2.24) is 0 Å². The summed E-state index contributed by atoms with van der Waals surface area (Å²) in [4.78, 5) is 0. The second kappa shape index (κ2) is 3.74. The summed E-state index contributed by atoms with van der Waals surface area (Å²) in [5.74, 6) is 0. The first kappa shape index (κ1) is 13.8. The molecule has 3 nitrogen and oxygen atoms in total. The van der Waals surface area contributed by atoms with Gasteiger partial charge in [-0.25, -0.2) is 0 Å². The normalized spacial score (nSPS) is 38.0. The van der Waals surface area contributed by atoms with Gasteiger partial charge in [0.2, 0.25) is 0 Å². The molecule has 0 heterocycles. The molecule has 0 spiro atoms. The molecule has 108 valence electrons. The fraction of sp³-hybridized carbons (Fsp3) is 0.500. The fourth-order valence-corrected chi connectivity index (χ4v) is 4.68.